The summed E-state index contributed by atoms with van der Waals surface area (Å²) in [6.45, 7) is -0.430. The lowest BCUT2D eigenvalue weighted by atomic mass is 10.0. The van der Waals surface area contributed by atoms with Crippen molar-refractivity contribution in [2.24, 2.45) is 7.05 Å². The minimum atomic E-state index is -4.45. The Morgan fingerprint density at radius 3 is 2.71 bits per heavy atom. The fourth-order valence-electron chi connectivity index (χ4n) is 3.29. The third kappa shape index (κ3) is 4.93. The second kappa shape index (κ2) is 8.62. The van der Waals surface area contributed by atoms with Crippen LogP contribution in [-0.2, 0) is 7.05 Å². The summed E-state index contributed by atoms with van der Waals surface area (Å²) in [6.07, 6.45) is -4.23. The van der Waals surface area contributed by atoms with Gasteiger partial charge >= 0.3 is 12.3 Å². The molecule has 3 aromatic rings. The molecular formula is C20H18F3N3O5. The van der Waals surface area contributed by atoms with E-state index in [9.17, 15) is 27.6 Å². The van der Waals surface area contributed by atoms with Crippen LogP contribution >= 0.6 is 0 Å². The smallest absolute Gasteiger partial charge is 0.404 e. The lowest BCUT2D eigenvalue weighted by molar-refractivity contribution is -0.136. The van der Waals surface area contributed by atoms with E-state index in [1.165, 1.54) is 36.1 Å². The van der Waals surface area contributed by atoms with Crippen LogP contribution in [0.1, 0.15) is 23.2 Å². The number of hydrogen-bond donors (Lipinski definition) is 2. The third-order valence-corrected chi connectivity index (χ3v) is 4.81. The molecule has 2 heterocycles. The second-order valence-electron chi connectivity index (χ2n) is 6.92. The Morgan fingerprint density at radius 1 is 1.32 bits per heavy atom. The maximum Gasteiger partial charge on any atom is 0.404 e. The molecule has 0 aliphatic heterocycles. The van der Waals surface area contributed by atoms with E-state index in [0.717, 1.165) is 0 Å². The summed E-state index contributed by atoms with van der Waals surface area (Å²) in [5.41, 5.74) is 0.215. The Hall–Kier alpha value is -3.63. The molecular weight excluding hydrogens is 419 g/mol. The van der Waals surface area contributed by atoms with Crippen molar-refractivity contribution >= 4 is 34.1 Å². The summed E-state index contributed by atoms with van der Waals surface area (Å²) in [4.78, 5) is 39.1. The van der Waals surface area contributed by atoms with Crippen molar-refractivity contribution in [2.45, 2.75) is 25.1 Å². The molecule has 0 saturated heterocycles. The number of halogens is 3. The van der Waals surface area contributed by atoms with Crippen LogP contribution in [-0.4, -0.2) is 45.9 Å². The number of carboxylic acid groups (broad SMARTS) is 1. The molecule has 0 fully saturated rings. The summed E-state index contributed by atoms with van der Waals surface area (Å²) in [5.74, 6) is 0.0232. The number of aromatic nitrogens is 2. The maximum absolute atomic E-state index is 12.6. The van der Waals surface area contributed by atoms with Crippen LogP contribution in [0, 0.1) is 0 Å². The molecule has 31 heavy (non-hydrogen) atoms. The first-order valence-electron chi connectivity index (χ1n) is 9.15. The fourth-order valence-corrected chi connectivity index (χ4v) is 3.29. The monoisotopic (exact) mass is 437 g/mol. The van der Waals surface area contributed by atoms with Gasteiger partial charge in [0.2, 0.25) is 0 Å². The summed E-state index contributed by atoms with van der Waals surface area (Å²) in [7, 11) is 1.53. The Labute approximate surface area is 173 Å². The molecule has 3 rings (SSSR count). The van der Waals surface area contributed by atoms with Crippen LogP contribution in [0.4, 0.5) is 18.0 Å². The number of ether oxygens (including phenoxy) is 1. The molecule has 11 heteroatoms. The van der Waals surface area contributed by atoms with E-state index in [1.54, 1.807) is 6.07 Å². The highest BCUT2D eigenvalue weighted by Crippen LogP contribution is 2.29. The van der Waals surface area contributed by atoms with Gasteiger partial charge < -0.3 is 19.7 Å². The molecule has 1 aromatic carbocycles. The van der Waals surface area contributed by atoms with Gasteiger partial charge in [0.1, 0.15) is 12.4 Å². The number of benzene rings is 1. The van der Waals surface area contributed by atoms with E-state index in [4.69, 9.17) is 9.84 Å². The summed E-state index contributed by atoms with van der Waals surface area (Å²) >= 11 is 0. The molecule has 1 amide bonds. The maximum atomic E-state index is 12.6. The van der Waals surface area contributed by atoms with Gasteiger partial charge in [-0.15, -0.1) is 0 Å². The average molecular weight is 437 g/mol. The fraction of sp³-hybridized carbons (Fsp3) is 0.300. The van der Waals surface area contributed by atoms with Crippen molar-refractivity contribution in [2.75, 3.05) is 6.61 Å². The number of carbonyl (C=O) groups excluding carboxylic acids is 1. The van der Waals surface area contributed by atoms with Crippen molar-refractivity contribution in [3.8, 4) is 5.75 Å². The molecule has 0 spiro atoms. The van der Waals surface area contributed by atoms with Crippen molar-refractivity contribution in [3.05, 3.63) is 46.5 Å². The molecule has 0 saturated carbocycles. The van der Waals surface area contributed by atoms with Crippen molar-refractivity contribution < 1.29 is 32.6 Å². The van der Waals surface area contributed by atoms with Gasteiger partial charge in [-0.25, -0.2) is 4.79 Å². The van der Waals surface area contributed by atoms with Crippen molar-refractivity contribution in [1.29, 1.82) is 0 Å². The summed E-state index contributed by atoms with van der Waals surface area (Å²) in [5, 5.41) is 12.4. The number of carbonyl (C=O) groups is 2. The van der Waals surface area contributed by atoms with Gasteiger partial charge in [-0.1, -0.05) is 0 Å². The molecule has 2 N–H and O–H groups in total. The van der Waals surface area contributed by atoms with Gasteiger partial charge in [0.15, 0.2) is 6.29 Å². The SMILES string of the molecule is Cn1c(=O)c2cnccc2c2cc(C=O)c(OCC(CCC(F)(F)F)NC(=O)O)cc21. The highest BCUT2D eigenvalue weighted by Gasteiger charge is 2.29. The molecule has 2 aromatic heterocycles. The van der Waals surface area contributed by atoms with E-state index in [-0.39, 0.29) is 16.9 Å². The normalized spacial score (nSPS) is 12.6. The van der Waals surface area contributed by atoms with E-state index >= 15 is 0 Å². The number of aryl methyl sites for hydroxylation is 1. The van der Waals surface area contributed by atoms with Crippen LogP contribution in [0.5, 0.6) is 5.75 Å². The Morgan fingerprint density at radius 2 is 2.06 bits per heavy atom. The number of amides is 1. The number of nitrogens with one attached hydrogen (secondary N) is 1. The summed E-state index contributed by atoms with van der Waals surface area (Å²) < 4.78 is 44.4. The van der Waals surface area contributed by atoms with Gasteiger partial charge in [-0.05, 0) is 23.9 Å². The topological polar surface area (TPSA) is 111 Å². The number of rotatable bonds is 7. The largest absolute Gasteiger partial charge is 0.491 e. The lowest BCUT2D eigenvalue weighted by Gasteiger charge is -2.20. The van der Waals surface area contributed by atoms with Gasteiger partial charge in [0, 0.05) is 37.3 Å². The minimum absolute atomic E-state index is 0.0232. The highest BCUT2D eigenvalue weighted by atomic mass is 19.4. The lowest BCUT2D eigenvalue weighted by Crippen LogP contribution is -2.39. The molecule has 0 aliphatic rings. The zero-order valence-electron chi connectivity index (χ0n) is 16.3. The number of pyridine rings is 2. The minimum Gasteiger partial charge on any atom is -0.491 e. The third-order valence-electron chi connectivity index (χ3n) is 4.81. The van der Waals surface area contributed by atoms with Gasteiger partial charge in [-0.2, -0.15) is 13.2 Å². The Kier molecular flexibility index (Phi) is 6.14. The molecule has 0 radical (unpaired) electrons. The van der Waals surface area contributed by atoms with Crippen LogP contribution < -0.4 is 15.6 Å². The molecule has 1 atom stereocenters. The highest BCUT2D eigenvalue weighted by molar-refractivity contribution is 6.07. The van der Waals surface area contributed by atoms with Crippen LogP contribution in [0.3, 0.4) is 0 Å². The number of fused-ring (bicyclic) bond motifs is 3. The van der Waals surface area contributed by atoms with E-state index in [2.05, 4.69) is 4.98 Å². The number of alkyl halides is 3. The van der Waals surface area contributed by atoms with Crippen molar-refractivity contribution in [1.82, 2.24) is 14.9 Å². The van der Waals surface area contributed by atoms with Crippen molar-refractivity contribution in [3.63, 3.8) is 0 Å². The van der Waals surface area contributed by atoms with Gasteiger partial charge in [0.05, 0.1) is 22.5 Å². The van der Waals surface area contributed by atoms with Crippen LogP contribution in [0.2, 0.25) is 0 Å². The average Bonchev–Trinajstić information content (AvgIpc) is 2.72. The predicted octanol–water partition coefficient (Wildman–Crippen LogP) is 3.26. The predicted molar refractivity (Wildman–Crippen MR) is 106 cm³/mol. The van der Waals surface area contributed by atoms with E-state index in [0.29, 0.717) is 28.0 Å². The molecule has 0 bridgehead atoms. The quantitative estimate of drug-likeness (QED) is 0.434. The Bertz CT molecular complexity index is 1210. The standard InChI is InChI=1S/C20H18F3N3O5/c1-26-16-7-17(31-10-12(25-19(29)30)2-4-20(21,22)23)11(9-27)6-14(16)13-3-5-24-8-15(13)18(26)28/h3,5-9,12,25H,2,4,10H2,1H3,(H,29,30). The first-order chi connectivity index (χ1) is 14.6. The second-order valence-corrected chi connectivity index (χ2v) is 6.92. The summed E-state index contributed by atoms with van der Waals surface area (Å²) in [6, 6.07) is 3.43. The zero-order valence-corrected chi connectivity index (χ0v) is 16.3. The van der Waals surface area contributed by atoms with E-state index < -0.39 is 37.8 Å². The van der Waals surface area contributed by atoms with Gasteiger partial charge in [-0.3, -0.25) is 14.6 Å². The molecule has 8 nitrogen and oxygen atoms in total. The first-order valence-corrected chi connectivity index (χ1v) is 9.15. The number of aldehydes is 1. The number of nitrogens with zero attached hydrogens (tertiary/aromatic N) is 2. The van der Waals surface area contributed by atoms with Gasteiger partial charge in [0.25, 0.3) is 5.56 Å². The molecule has 0 aliphatic carbocycles. The molecule has 1 unspecified atom stereocenters. The Balaban J connectivity index is 1.98. The van der Waals surface area contributed by atoms with E-state index in [1.807, 2.05) is 5.32 Å². The van der Waals surface area contributed by atoms with Crippen LogP contribution in [0.25, 0.3) is 21.7 Å². The first kappa shape index (κ1) is 22.1. The van der Waals surface area contributed by atoms with Crippen LogP contribution in [0.15, 0.2) is 35.4 Å². The number of hydrogen-bond acceptors (Lipinski definition) is 5. The molecule has 164 valence electrons. The zero-order chi connectivity index (χ0) is 22.8.